The Bertz CT molecular complexity index is 343. The minimum absolute atomic E-state index is 0. The fourth-order valence-electron chi connectivity index (χ4n) is 0.838. The van der Waals surface area contributed by atoms with E-state index in [0.29, 0.717) is 16.5 Å². The Hall–Kier alpha value is -1.28. The fourth-order valence-corrected chi connectivity index (χ4v) is 0.996. The molecular weight excluding hydrogens is 196 g/mol. The highest BCUT2D eigenvalue weighted by Crippen LogP contribution is 2.12. The fraction of sp³-hybridized carbons (Fsp3) is 0.444. The molecule has 0 aromatic carbocycles. The molecule has 14 heavy (non-hydrogen) atoms. The van der Waals surface area contributed by atoms with Crippen LogP contribution in [0.4, 0.5) is 5.82 Å². The Balaban J connectivity index is 0.00000169. The summed E-state index contributed by atoms with van der Waals surface area (Å²) >= 11 is 3.99. The second kappa shape index (κ2) is 5.45. The van der Waals surface area contributed by atoms with Gasteiger partial charge in [-0.15, -0.1) is 12.6 Å². The van der Waals surface area contributed by atoms with Gasteiger partial charge < -0.3 is 5.32 Å². The van der Waals surface area contributed by atoms with Crippen molar-refractivity contribution < 1.29 is 0 Å². The van der Waals surface area contributed by atoms with Crippen molar-refractivity contribution in [3.05, 3.63) is 11.8 Å². The summed E-state index contributed by atoms with van der Waals surface area (Å²) in [5.74, 6) is 0.539. The van der Waals surface area contributed by atoms with Crippen LogP contribution in [0.1, 0.15) is 26.8 Å². The van der Waals surface area contributed by atoms with E-state index in [4.69, 9.17) is 5.26 Å². The lowest BCUT2D eigenvalue weighted by Crippen LogP contribution is -2.12. The number of rotatable bonds is 2. The molecule has 0 bridgehead atoms. The Labute approximate surface area is 89.8 Å². The first-order valence-corrected chi connectivity index (χ1v) is 4.31. The van der Waals surface area contributed by atoms with Crippen LogP contribution in [-0.2, 0) is 0 Å². The average Bonchev–Trinajstić information content (AvgIpc) is 2.03. The average molecular weight is 210 g/mol. The van der Waals surface area contributed by atoms with Gasteiger partial charge in [0.2, 0.25) is 0 Å². The van der Waals surface area contributed by atoms with Crippen molar-refractivity contribution in [2.45, 2.75) is 32.5 Å². The Morgan fingerprint density at radius 3 is 2.71 bits per heavy atom. The molecule has 1 aromatic rings. The van der Waals surface area contributed by atoms with Crippen molar-refractivity contribution in [1.82, 2.24) is 9.97 Å². The van der Waals surface area contributed by atoms with Crippen molar-refractivity contribution in [3.8, 4) is 6.07 Å². The molecule has 0 aliphatic rings. The predicted molar refractivity (Wildman–Crippen MR) is 59.5 cm³/mol. The normalized spacial score (nSPS) is 9.07. The van der Waals surface area contributed by atoms with E-state index in [1.807, 2.05) is 19.9 Å². The van der Waals surface area contributed by atoms with Gasteiger partial charge in [0, 0.05) is 6.04 Å². The van der Waals surface area contributed by atoms with E-state index < -0.39 is 0 Å². The molecular formula is C9H14N4S. The lowest BCUT2D eigenvalue weighted by molar-refractivity contribution is 0.865. The Kier molecular flexibility index (Phi) is 4.95. The lowest BCUT2D eigenvalue weighted by atomic mass is 10.3. The lowest BCUT2D eigenvalue weighted by Gasteiger charge is -2.09. The van der Waals surface area contributed by atoms with Gasteiger partial charge >= 0.3 is 0 Å². The van der Waals surface area contributed by atoms with E-state index >= 15 is 0 Å². The summed E-state index contributed by atoms with van der Waals surface area (Å²) in [6, 6.07) is 2.24. The first kappa shape index (κ1) is 12.7. The van der Waals surface area contributed by atoms with Gasteiger partial charge in [0.15, 0.2) is 5.16 Å². The van der Waals surface area contributed by atoms with Gasteiger partial charge in [-0.05, 0) is 13.8 Å². The van der Waals surface area contributed by atoms with Crippen LogP contribution in [0.15, 0.2) is 11.4 Å². The van der Waals surface area contributed by atoms with Gasteiger partial charge in [-0.25, -0.2) is 9.97 Å². The van der Waals surface area contributed by atoms with Crippen LogP contribution in [0.2, 0.25) is 0 Å². The molecule has 1 rings (SSSR count). The summed E-state index contributed by atoms with van der Waals surface area (Å²) in [5, 5.41) is 12.1. The topological polar surface area (TPSA) is 61.6 Å². The molecule has 76 valence electrons. The molecule has 0 fully saturated rings. The van der Waals surface area contributed by atoms with Gasteiger partial charge in [-0.1, -0.05) is 7.43 Å². The van der Waals surface area contributed by atoms with E-state index in [9.17, 15) is 0 Å². The zero-order chi connectivity index (χ0) is 9.84. The van der Waals surface area contributed by atoms with Crippen LogP contribution in [0.5, 0.6) is 0 Å². The number of anilines is 1. The molecule has 4 nitrogen and oxygen atoms in total. The summed E-state index contributed by atoms with van der Waals surface area (Å²) in [5.41, 5.74) is 0.437. The predicted octanol–water partition coefficient (Wildman–Crippen LogP) is 2.09. The highest BCUT2D eigenvalue weighted by Gasteiger charge is 2.05. The molecule has 0 unspecified atom stereocenters. The zero-order valence-electron chi connectivity index (χ0n) is 7.44. The highest BCUT2D eigenvalue weighted by molar-refractivity contribution is 7.80. The van der Waals surface area contributed by atoms with Gasteiger partial charge in [0.1, 0.15) is 17.5 Å². The molecule has 0 radical (unpaired) electrons. The SMILES string of the molecule is C.CC(C)Nc1nc(S)ncc1C#N. The van der Waals surface area contributed by atoms with Crippen molar-refractivity contribution in [1.29, 1.82) is 5.26 Å². The Morgan fingerprint density at radius 2 is 2.21 bits per heavy atom. The maximum absolute atomic E-state index is 8.73. The minimum Gasteiger partial charge on any atom is -0.367 e. The third-order valence-corrected chi connectivity index (χ3v) is 1.54. The first-order chi connectivity index (χ1) is 6.13. The first-order valence-electron chi connectivity index (χ1n) is 3.86. The Morgan fingerprint density at radius 1 is 1.57 bits per heavy atom. The van der Waals surface area contributed by atoms with Gasteiger partial charge in [0.05, 0.1) is 6.20 Å². The van der Waals surface area contributed by atoms with Gasteiger partial charge in [-0.2, -0.15) is 5.26 Å². The summed E-state index contributed by atoms with van der Waals surface area (Å²) in [7, 11) is 0. The summed E-state index contributed by atoms with van der Waals surface area (Å²) in [6.45, 7) is 3.95. The van der Waals surface area contributed by atoms with Crippen LogP contribution < -0.4 is 5.32 Å². The van der Waals surface area contributed by atoms with Crippen LogP contribution in [0.3, 0.4) is 0 Å². The standard InChI is InChI=1S/C8H10N4S.CH4/c1-5(2)11-7-6(3-9)4-10-8(13)12-7;/h4-5H,1-2H3,(H2,10,11,12,13);1H4. The second-order valence-electron chi connectivity index (χ2n) is 2.84. The molecule has 1 heterocycles. The highest BCUT2D eigenvalue weighted by atomic mass is 32.1. The third kappa shape index (κ3) is 3.23. The van der Waals surface area contributed by atoms with Crippen molar-refractivity contribution >= 4 is 18.4 Å². The molecule has 1 aromatic heterocycles. The van der Waals surface area contributed by atoms with E-state index in [1.165, 1.54) is 6.20 Å². The number of hydrogen-bond acceptors (Lipinski definition) is 5. The van der Waals surface area contributed by atoms with Crippen molar-refractivity contribution in [3.63, 3.8) is 0 Å². The van der Waals surface area contributed by atoms with Gasteiger partial charge in [0.25, 0.3) is 0 Å². The summed E-state index contributed by atoms with van der Waals surface area (Å²) < 4.78 is 0. The maximum atomic E-state index is 8.73. The number of nitriles is 1. The molecule has 0 atom stereocenters. The van der Waals surface area contributed by atoms with Crippen molar-refractivity contribution in [2.24, 2.45) is 0 Å². The van der Waals surface area contributed by atoms with Crippen molar-refractivity contribution in [2.75, 3.05) is 5.32 Å². The number of hydrogen-bond donors (Lipinski definition) is 2. The number of aromatic nitrogens is 2. The summed E-state index contributed by atoms with van der Waals surface area (Å²) in [6.07, 6.45) is 1.46. The summed E-state index contributed by atoms with van der Waals surface area (Å²) in [4.78, 5) is 7.81. The second-order valence-corrected chi connectivity index (χ2v) is 3.24. The van der Waals surface area contributed by atoms with Gasteiger partial charge in [-0.3, -0.25) is 0 Å². The monoisotopic (exact) mass is 210 g/mol. The minimum atomic E-state index is 0. The molecule has 1 N–H and O–H groups in total. The quantitative estimate of drug-likeness (QED) is 0.579. The molecule has 0 saturated carbocycles. The smallest absolute Gasteiger partial charge is 0.186 e. The van der Waals surface area contributed by atoms with Crippen LogP contribution >= 0.6 is 12.6 Å². The largest absolute Gasteiger partial charge is 0.367 e. The van der Waals surface area contributed by atoms with E-state index in [2.05, 4.69) is 27.9 Å². The number of nitrogens with one attached hydrogen (secondary N) is 1. The third-order valence-electron chi connectivity index (χ3n) is 1.32. The van der Waals surface area contributed by atoms with E-state index in [1.54, 1.807) is 0 Å². The van der Waals surface area contributed by atoms with E-state index in [-0.39, 0.29) is 13.5 Å². The van der Waals surface area contributed by atoms with E-state index in [0.717, 1.165) is 0 Å². The van der Waals surface area contributed by atoms with Crippen LogP contribution in [0, 0.1) is 11.3 Å². The molecule has 0 aliphatic heterocycles. The zero-order valence-corrected chi connectivity index (χ0v) is 8.34. The molecule has 0 spiro atoms. The molecule has 0 aliphatic carbocycles. The molecule has 0 saturated heterocycles. The molecule has 0 amide bonds. The maximum Gasteiger partial charge on any atom is 0.186 e. The molecule has 5 heteroatoms. The number of thiol groups is 1. The number of nitrogens with zero attached hydrogens (tertiary/aromatic N) is 3. The van der Waals surface area contributed by atoms with Crippen LogP contribution in [-0.4, -0.2) is 16.0 Å². The van der Waals surface area contributed by atoms with Crippen LogP contribution in [0.25, 0.3) is 0 Å².